The Kier molecular flexibility index (Phi) is 4.29. The number of nitrogen functional groups attached to an aromatic ring is 2. The minimum Gasteiger partial charge on any atom is -0.453 e. The van der Waals surface area contributed by atoms with Gasteiger partial charge in [-0.1, -0.05) is 12.1 Å². The zero-order valence-corrected chi connectivity index (χ0v) is 13.0. The van der Waals surface area contributed by atoms with Crippen molar-refractivity contribution in [3.63, 3.8) is 0 Å². The topological polar surface area (TPSA) is 130 Å². The third-order valence-corrected chi connectivity index (χ3v) is 3.87. The lowest BCUT2D eigenvalue weighted by molar-refractivity contribution is 0.0467. The number of benzene rings is 1. The number of carbonyl (C=O) groups is 1. The number of hydrogen-bond acceptors (Lipinski definition) is 9. The molecule has 2 aromatic heterocycles. The quantitative estimate of drug-likeness (QED) is 0.682. The van der Waals surface area contributed by atoms with Gasteiger partial charge in [-0.15, -0.1) is 11.3 Å². The summed E-state index contributed by atoms with van der Waals surface area (Å²) < 4.78 is 18.8. The molecule has 4 N–H and O–H groups in total. The Labute approximate surface area is 139 Å². The van der Waals surface area contributed by atoms with E-state index in [-0.39, 0.29) is 29.2 Å². The van der Waals surface area contributed by atoms with Crippen molar-refractivity contribution < 1.29 is 13.9 Å². The van der Waals surface area contributed by atoms with Crippen LogP contribution in [0, 0.1) is 5.82 Å². The first-order chi connectivity index (χ1) is 11.5. The van der Waals surface area contributed by atoms with E-state index >= 15 is 0 Å². The molecule has 0 bridgehead atoms. The van der Waals surface area contributed by atoms with E-state index in [1.54, 1.807) is 18.2 Å². The fraction of sp³-hybridized carbons (Fsp3) is 0.0714. The van der Waals surface area contributed by atoms with Gasteiger partial charge in [0.25, 0.3) is 0 Å². The van der Waals surface area contributed by atoms with Crippen LogP contribution >= 0.6 is 11.3 Å². The zero-order valence-electron chi connectivity index (χ0n) is 12.1. The minimum atomic E-state index is -0.632. The lowest BCUT2D eigenvalue weighted by Gasteiger charge is -2.03. The molecule has 10 heteroatoms. The molecule has 0 amide bonds. The number of nitrogens with zero attached hydrogens (tertiary/aromatic N) is 4. The van der Waals surface area contributed by atoms with Crippen LogP contribution in [-0.4, -0.2) is 25.9 Å². The molecule has 8 nitrogen and oxygen atoms in total. The molecule has 3 rings (SSSR count). The van der Waals surface area contributed by atoms with Gasteiger partial charge in [-0.25, -0.2) is 14.2 Å². The maximum Gasteiger partial charge on any atom is 0.350 e. The van der Waals surface area contributed by atoms with Crippen LogP contribution in [0.4, 0.5) is 16.3 Å². The fourth-order valence-electron chi connectivity index (χ4n) is 1.85. The Hall–Kier alpha value is -3.14. The van der Waals surface area contributed by atoms with Gasteiger partial charge in [0.2, 0.25) is 11.9 Å². The molecule has 0 saturated carbocycles. The highest BCUT2D eigenvalue weighted by Gasteiger charge is 2.16. The van der Waals surface area contributed by atoms with Crippen molar-refractivity contribution in [2.75, 3.05) is 11.5 Å². The maximum absolute atomic E-state index is 13.7. The normalized spacial score (nSPS) is 10.5. The predicted molar refractivity (Wildman–Crippen MR) is 85.3 cm³/mol. The molecular formula is C14H11FN6O2S. The van der Waals surface area contributed by atoms with E-state index in [4.69, 9.17) is 16.2 Å². The monoisotopic (exact) mass is 346 g/mol. The number of carbonyl (C=O) groups excluding carboxylic acids is 1. The summed E-state index contributed by atoms with van der Waals surface area (Å²) in [6.45, 7) is -0.220. The van der Waals surface area contributed by atoms with Gasteiger partial charge in [0.15, 0.2) is 12.4 Å². The lowest BCUT2D eigenvalue weighted by atomic mass is 10.2. The molecule has 0 aliphatic carbocycles. The van der Waals surface area contributed by atoms with Crippen molar-refractivity contribution in [2.24, 2.45) is 0 Å². The smallest absolute Gasteiger partial charge is 0.350 e. The molecule has 1 aromatic carbocycles. The lowest BCUT2D eigenvalue weighted by Crippen LogP contribution is -2.10. The molecular weight excluding hydrogens is 335 g/mol. The third kappa shape index (κ3) is 3.43. The summed E-state index contributed by atoms with van der Waals surface area (Å²) in [7, 11) is 0. The minimum absolute atomic E-state index is 0.0619. The van der Waals surface area contributed by atoms with E-state index < -0.39 is 11.8 Å². The van der Waals surface area contributed by atoms with E-state index in [0.29, 0.717) is 10.6 Å². The Balaban J connectivity index is 1.71. The van der Waals surface area contributed by atoms with Gasteiger partial charge in [-0.3, -0.25) is 0 Å². The zero-order chi connectivity index (χ0) is 17.1. The average Bonchev–Trinajstić information content (AvgIpc) is 3.02. The Morgan fingerprint density at radius 2 is 1.88 bits per heavy atom. The Morgan fingerprint density at radius 3 is 2.58 bits per heavy atom. The molecule has 0 spiro atoms. The largest absolute Gasteiger partial charge is 0.453 e. The molecule has 0 saturated heterocycles. The van der Waals surface area contributed by atoms with E-state index in [9.17, 15) is 9.18 Å². The van der Waals surface area contributed by atoms with Crippen LogP contribution in [-0.2, 0) is 11.3 Å². The highest BCUT2D eigenvalue weighted by Crippen LogP contribution is 2.27. The van der Waals surface area contributed by atoms with Gasteiger partial charge in [0.1, 0.15) is 15.7 Å². The van der Waals surface area contributed by atoms with Crippen LogP contribution in [0.2, 0.25) is 0 Å². The summed E-state index contributed by atoms with van der Waals surface area (Å²) in [5, 5.41) is 0.383. The highest BCUT2D eigenvalue weighted by atomic mass is 32.1. The number of anilines is 2. The number of esters is 1. The molecule has 24 heavy (non-hydrogen) atoms. The van der Waals surface area contributed by atoms with Crippen LogP contribution in [0.25, 0.3) is 10.6 Å². The number of hydrogen-bond donors (Lipinski definition) is 2. The number of nitrogens with two attached hydrogens (primary N) is 2. The summed E-state index contributed by atoms with van der Waals surface area (Å²) in [6.07, 6.45) is 1.32. The van der Waals surface area contributed by atoms with Crippen molar-refractivity contribution in [2.45, 2.75) is 6.61 Å². The molecule has 0 atom stereocenters. The SMILES string of the molecule is Nc1nc(N)nc(COC(=O)c2cnc(-c3ccccc3F)s2)n1. The van der Waals surface area contributed by atoms with Crippen molar-refractivity contribution in [1.29, 1.82) is 0 Å². The second kappa shape index (κ2) is 6.54. The second-order valence-electron chi connectivity index (χ2n) is 4.55. The highest BCUT2D eigenvalue weighted by molar-refractivity contribution is 7.16. The van der Waals surface area contributed by atoms with Crippen molar-refractivity contribution in [3.8, 4) is 10.6 Å². The van der Waals surface area contributed by atoms with Crippen molar-refractivity contribution in [1.82, 2.24) is 19.9 Å². The molecule has 0 fully saturated rings. The Bertz CT molecular complexity index is 880. The number of rotatable bonds is 4. The number of ether oxygens (including phenoxy) is 1. The summed E-state index contributed by atoms with van der Waals surface area (Å²) in [5.41, 5.74) is 11.2. The summed E-state index contributed by atoms with van der Waals surface area (Å²) in [6, 6.07) is 6.17. The van der Waals surface area contributed by atoms with Crippen LogP contribution in [0.5, 0.6) is 0 Å². The molecule has 0 radical (unpaired) electrons. The average molecular weight is 346 g/mol. The van der Waals surface area contributed by atoms with Gasteiger partial charge >= 0.3 is 5.97 Å². The molecule has 122 valence electrons. The summed E-state index contributed by atoms with van der Waals surface area (Å²) in [5.74, 6) is -1.04. The van der Waals surface area contributed by atoms with E-state index in [1.165, 1.54) is 12.3 Å². The number of halogens is 1. The summed E-state index contributed by atoms with van der Waals surface area (Å²) >= 11 is 1.02. The maximum atomic E-state index is 13.7. The van der Waals surface area contributed by atoms with Gasteiger partial charge in [0, 0.05) is 5.56 Å². The van der Waals surface area contributed by atoms with E-state index in [0.717, 1.165) is 11.3 Å². The van der Waals surface area contributed by atoms with Crippen LogP contribution in [0.3, 0.4) is 0 Å². The molecule has 3 aromatic rings. The third-order valence-electron chi connectivity index (χ3n) is 2.86. The number of aromatic nitrogens is 4. The molecule has 0 aliphatic rings. The fourth-order valence-corrected chi connectivity index (χ4v) is 2.69. The van der Waals surface area contributed by atoms with Crippen LogP contribution < -0.4 is 11.5 Å². The first-order valence-electron chi connectivity index (χ1n) is 6.66. The van der Waals surface area contributed by atoms with Crippen molar-refractivity contribution >= 4 is 29.2 Å². The van der Waals surface area contributed by atoms with Gasteiger partial charge in [-0.05, 0) is 12.1 Å². The molecule has 0 aliphatic heterocycles. The first-order valence-corrected chi connectivity index (χ1v) is 7.48. The van der Waals surface area contributed by atoms with Crippen LogP contribution in [0.15, 0.2) is 30.5 Å². The van der Waals surface area contributed by atoms with E-state index in [1.807, 2.05) is 0 Å². The van der Waals surface area contributed by atoms with Gasteiger partial charge in [-0.2, -0.15) is 15.0 Å². The Morgan fingerprint density at radius 1 is 1.17 bits per heavy atom. The summed E-state index contributed by atoms with van der Waals surface area (Å²) in [4.78, 5) is 27.5. The molecule has 0 unspecified atom stereocenters. The second-order valence-corrected chi connectivity index (χ2v) is 5.58. The molecule has 2 heterocycles. The van der Waals surface area contributed by atoms with E-state index in [2.05, 4.69) is 19.9 Å². The standard InChI is InChI=1S/C14H11FN6O2S/c15-8-4-2-1-3-7(8)11-18-5-9(24-11)12(22)23-6-10-19-13(16)21-14(17)20-10/h1-5H,6H2,(H4,16,17,19,20,21). The van der Waals surface area contributed by atoms with Crippen molar-refractivity contribution in [3.05, 3.63) is 47.0 Å². The van der Waals surface area contributed by atoms with Gasteiger partial charge < -0.3 is 16.2 Å². The first kappa shape index (κ1) is 15.7. The number of thiazole rings is 1. The van der Waals surface area contributed by atoms with Gasteiger partial charge in [0.05, 0.1) is 6.20 Å². The van der Waals surface area contributed by atoms with Crippen LogP contribution in [0.1, 0.15) is 15.5 Å². The predicted octanol–water partition coefficient (Wildman–Crippen LogP) is 1.66.